The molecule has 0 saturated carbocycles. The minimum Gasteiger partial charge on any atom is -0.456 e. The Morgan fingerprint density at radius 2 is 2.05 bits per heavy atom. The van der Waals surface area contributed by atoms with E-state index in [0.29, 0.717) is 17.6 Å². The first-order chi connectivity index (χ1) is 9.63. The molecule has 0 atom stereocenters. The zero-order chi connectivity index (χ0) is 14.5. The number of nitriles is 1. The van der Waals surface area contributed by atoms with Gasteiger partial charge in [-0.1, -0.05) is 12.1 Å². The number of carbonyl (C=O) groups is 1. The van der Waals surface area contributed by atoms with Crippen LogP contribution >= 0.6 is 0 Å². The number of nitro groups is 1. The lowest BCUT2D eigenvalue weighted by molar-refractivity contribution is -0.384. The molecule has 2 rings (SSSR count). The van der Waals surface area contributed by atoms with Crippen molar-refractivity contribution in [3.63, 3.8) is 0 Å². The van der Waals surface area contributed by atoms with Gasteiger partial charge in [-0.3, -0.25) is 14.9 Å². The molecule has 0 aliphatic heterocycles. The molecule has 0 heterocycles. The van der Waals surface area contributed by atoms with Gasteiger partial charge < -0.3 is 4.74 Å². The maximum atomic E-state index is 10.7. The Bertz CT molecular complexity index is 719. The third-order valence-corrected chi connectivity index (χ3v) is 2.52. The van der Waals surface area contributed by atoms with Gasteiger partial charge >= 0.3 is 0 Å². The molecule has 0 spiro atoms. The highest BCUT2D eigenvalue weighted by Crippen LogP contribution is 2.28. The number of benzene rings is 2. The smallest absolute Gasteiger partial charge is 0.271 e. The molecule has 0 fully saturated rings. The van der Waals surface area contributed by atoms with E-state index in [4.69, 9.17) is 10.00 Å². The molecule has 0 amide bonds. The zero-order valence-corrected chi connectivity index (χ0v) is 10.1. The molecule has 6 nitrogen and oxygen atoms in total. The normalized spacial score (nSPS) is 9.55. The van der Waals surface area contributed by atoms with Crippen molar-refractivity contribution in [3.05, 3.63) is 63.7 Å². The standard InChI is InChI=1S/C14H8N2O4/c15-8-11-7-12(16(18)19)4-5-14(11)20-13-3-1-2-10(6-13)9-17/h1-7,9H. The lowest BCUT2D eigenvalue weighted by Gasteiger charge is -2.07. The number of hydrogen-bond donors (Lipinski definition) is 0. The van der Waals surface area contributed by atoms with Gasteiger partial charge in [0.2, 0.25) is 0 Å². The molecular weight excluding hydrogens is 260 g/mol. The number of rotatable bonds is 4. The van der Waals surface area contributed by atoms with E-state index in [2.05, 4.69) is 0 Å². The molecule has 20 heavy (non-hydrogen) atoms. The van der Waals surface area contributed by atoms with E-state index in [-0.39, 0.29) is 17.0 Å². The van der Waals surface area contributed by atoms with Crippen molar-refractivity contribution in [2.75, 3.05) is 0 Å². The monoisotopic (exact) mass is 268 g/mol. The third-order valence-electron chi connectivity index (χ3n) is 2.52. The molecule has 0 N–H and O–H groups in total. The fraction of sp³-hybridized carbons (Fsp3) is 0. The van der Waals surface area contributed by atoms with Crippen LogP contribution in [0.15, 0.2) is 42.5 Å². The second-order valence-corrected chi connectivity index (χ2v) is 3.84. The number of non-ortho nitro benzene ring substituents is 1. The average molecular weight is 268 g/mol. The molecule has 0 aromatic heterocycles. The summed E-state index contributed by atoms with van der Waals surface area (Å²) in [7, 11) is 0. The molecule has 2 aromatic carbocycles. The summed E-state index contributed by atoms with van der Waals surface area (Å²) >= 11 is 0. The highest BCUT2D eigenvalue weighted by Gasteiger charge is 2.12. The summed E-state index contributed by atoms with van der Waals surface area (Å²) in [6.45, 7) is 0. The number of aldehydes is 1. The van der Waals surface area contributed by atoms with Crippen molar-refractivity contribution < 1.29 is 14.5 Å². The quantitative estimate of drug-likeness (QED) is 0.482. The van der Waals surface area contributed by atoms with E-state index in [1.807, 2.05) is 6.07 Å². The SMILES string of the molecule is N#Cc1cc([N+](=O)[O-])ccc1Oc1cccc(C=O)c1. The maximum Gasteiger partial charge on any atom is 0.271 e. The molecule has 2 aromatic rings. The number of nitro benzene ring substituents is 1. The lowest BCUT2D eigenvalue weighted by Crippen LogP contribution is -1.93. The maximum absolute atomic E-state index is 10.7. The molecule has 0 unspecified atom stereocenters. The Balaban J connectivity index is 2.36. The lowest BCUT2D eigenvalue weighted by atomic mass is 10.2. The van der Waals surface area contributed by atoms with Crippen molar-refractivity contribution in [1.82, 2.24) is 0 Å². The van der Waals surface area contributed by atoms with Crippen LogP contribution in [-0.4, -0.2) is 11.2 Å². The number of nitrogens with zero attached hydrogens (tertiary/aromatic N) is 2. The molecule has 0 saturated heterocycles. The summed E-state index contributed by atoms with van der Waals surface area (Å²) in [5.74, 6) is 0.570. The summed E-state index contributed by atoms with van der Waals surface area (Å²) < 4.78 is 5.47. The molecule has 6 heteroatoms. The summed E-state index contributed by atoms with van der Waals surface area (Å²) in [5.41, 5.74) is 0.300. The molecular formula is C14H8N2O4. The number of ether oxygens (including phenoxy) is 1. The topological polar surface area (TPSA) is 93.2 Å². The van der Waals surface area contributed by atoms with Gasteiger partial charge in [-0.2, -0.15) is 5.26 Å². The van der Waals surface area contributed by atoms with Crippen LogP contribution in [0.25, 0.3) is 0 Å². The van der Waals surface area contributed by atoms with Crippen molar-refractivity contribution in [2.24, 2.45) is 0 Å². The van der Waals surface area contributed by atoms with Crippen LogP contribution < -0.4 is 4.74 Å². The van der Waals surface area contributed by atoms with Gasteiger partial charge in [-0.25, -0.2) is 0 Å². The van der Waals surface area contributed by atoms with E-state index in [0.717, 1.165) is 6.07 Å². The zero-order valence-electron chi connectivity index (χ0n) is 10.1. The number of hydrogen-bond acceptors (Lipinski definition) is 5. The summed E-state index contributed by atoms with van der Waals surface area (Å²) in [6.07, 6.45) is 0.675. The van der Waals surface area contributed by atoms with Crippen molar-refractivity contribution in [3.8, 4) is 17.6 Å². The van der Waals surface area contributed by atoms with E-state index >= 15 is 0 Å². The highest BCUT2D eigenvalue weighted by molar-refractivity contribution is 5.75. The Kier molecular flexibility index (Phi) is 3.72. The highest BCUT2D eigenvalue weighted by atomic mass is 16.6. The van der Waals surface area contributed by atoms with Crippen LogP contribution in [0.4, 0.5) is 5.69 Å². The Morgan fingerprint density at radius 3 is 2.70 bits per heavy atom. The van der Waals surface area contributed by atoms with E-state index < -0.39 is 4.92 Å². The van der Waals surface area contributed by atoms with Crippen LogP contribution in [0.5, 0.6) is 11.5 Å². The van der Waals surface area contributed by atoms with Crippen molar-refractivity contribution in [1.29, 1.82) is 5.26 Å². The van der Waals surface area contributed by atoms with E-state index in [1.165, 1.54) is 18.2 Å². The minimum absolute atomic E-state index is 0.0516. The van der Waals surface area contributed by atoms with Gasteiger partial charge in [-0.05, 0) is 18.2 Å². The fourth-order valence-corrected chi connectivity index (χ4v) is 1.59. The Labute approximate surface area is 114 Å². The van der Waals surface area contributed by atoms with Gasteiger partial charge in [0, 0.05) is 17.7 Å². The van der Waals surface area contributed by atoms with Crippen LogP contribution in [0.1, 0.15) is 15.9 Å². The van der Waals surface area contributed by atoms with Gasteiger partial charge in [0.25, 0.3) is 5.69 Å². The van der Waals surface area contributed by atoms with Gasteiger partial charge in [-0.15, -0.1) is 0 Å². The van der Waals surface area contributed by atoms with E-state index in [9.17, 15) is 14.9 Å². The van der Waals surface area contributed by atoms with Gasteiger partial charge in [0.1, 0.15) is 29.4 Å². The average Bonchev–Trinajstić information content (AvgIpc) is 2.47. The Morgan fingerprint density at radius 1 is 1.25 bits per heavy atom. The second-order valence-electron chi connectivity index (χ2n) is 3.84. The van der Waals surface area contributed by atoms with Gasteiger partial charge in [0.15, 0.2) is 0 Å². The van der Waals surface area contributed by atoms with Crippen molar-refractivity contribution >= 4 is 12.0 Å². The summed E-state index contributed by atoms with van der Waals surface area (Å²) in [4.78, 5) is 20.7. The summed E-state index contributed by atoms with van der Waals surface area (Å²) in [6, 6.07) is 12.0. The number of carbonyl (C=O) groups excluding carboxylic acids is 1. The largest absolute Gasteiger partial charge is 0.456 e. The van der Waals surface area contributed by atoms with Crippen molar-refractivity contribution in [2.45, 2.75) is 0 Å². The molecule has 98 valence electrons. The minimum atomic E-state index is -0.586. The van der Waals surface area contributed by atoms with Crippen LogP contribution in [0, 0.1) is 21.4 Å². The van der Waals surface area contributed by atoms with Crippen LogP contribution in [0.2, 0.25) is 0 Å². The van der Waals surface area contributed by atoms with Gasteiger partial charge in [0.05, 0.1) is 4.92 Å². The Hall–Kier alpha value is -3.20. The van der Waals surface area contributed by atoms with Crippen LogP contribution in [-0.2, 0) is 0 Å². The molecule has 0 aliphatic carbocycles. The summed E-state index contributed by atoms with van der Waals surface area (Å²) in [5, 5.41) is 19.6. The predicted octanol–water partition coefficient (Wildman–Crippen LogP) is 3.07. The first-order valence-electron chi connectivity index (χ1n) is 5.55. The molecule has 0 radical (unpaired) electrons. The molecule has 0 aliphatic rings. The fourth-order valence-electron chi connectivity index (χ4n) is 1.59. The first-order valence-corrected chi connectivity index (χ1v) is 5.55. The second kappa shape index (κ2) is 5.63. The van der Waals surface area contributed by atoms with E-state index in [1.54, 1.807) is 18.2 Å². The van der Waals surface area contributed by atoms with Crippen LogP contribution in [0.3, 0.4) is 0 Å². The third kappa shape index (κ3) is 2.79. The first kappa shape index (κ1) is 13.2. The molecule has 0 bridgehead atoms. The predicted molar refractivity (Wildman–Crippen MR) is 69.7 cm³/mol.